The summed E-state index contributed by atoms with van der Waals surface area (Å²) in [6, 6.07) is 15.9. The molecule has 10 heteroatoms. The van der Waals surface area contributed by atoms with E-state index < -0.39 is 5.91 Å². The Morgan fingerprint density at radius 2 is 1.67 bits per heavy atom. The number of rotatable bonds is 10. The third-order valence-electron chi connectivity index (χ3n) is 4.81. The number of ether oxygens (including phenoxy) is 3. The van der Waals surface area contributed by atoms with Crippen LogP contribution in [0.2, 0.25) is 0 Å². The van der Waals surface area contributed by atoms with Crippen molar-refractivity contribution in [2.45, 2.75) is 13.8 Å². The van der Waals surface area contributed by atoms with Crippen LogP contribution in [0.1, 0.15) is 28.4 Å². The highest BCUT2D eigenvalue weighted by atomic mass is 79.9. The molecule has 0 saturated carbocycles. The summed E-state index contributed by atoms with van der Waals surface area (Å²) in [5.74, 6) is 0.813. The monoisotopic (exact) mass is 617 g/mol. The summed E-state index contributed by atoms with van der Waals surface area (Å²) in [5, 5.41) is 6.82. The lowest BCUT2D eigenvalue weighted by atomic mass is 10.2. The second kappa shape index (κ2) is 13.1. The molecule has 36 heavy (non-hydrogen) atoms. The number of carbonyl (C=O) groups is 2. The standard InChI is InChI=1S/C26H25Br2N3O5/c1-4-35-22-10-7-18(13-23(22)34-3)26(33)31-29-14-17-11-20(27)25(21(28)12-17)36-15-24(32)30-19-8-5-16(2)6-9-19/h5-14H,4,15H2,1-3H3,(H,30,32)(H,31,33)/b29-14+. The van der Waals surface area contributed by atoms with E-state index in [-0.39, 0.29) is 12.5 Å². The van der Waals surface area contributed by atoms with Gasteiger partial charge in [0.05, 0.1) is 28.9 Å². The average molecular weight is 619 g/mol. The minimum absolute atomic E-state index is 0.167. The van der Waals surface area contributed by atoms with Gasteiger partial charge in [0.25, 0.3) is 11.8 Å². The topological polar surface area (TPSA) is 98.3 Å². The lowest BCUT2D eigenvalue weighted by Crippen LogP contribution is -2.20. The Balaban J connectivity index is 1.59. The molecule has 0 aliphatic heterocycles. The van der Waals surface area contributed by atoms with Crippen molar-refractivity contribution in [2.75, 3.05) is 25.6 Å². The molecule has 0 atom stereocenters. The van der Waals surface area contributed by atoms with Crippen LogP contribution in [0.15, 0.2) is 68.6 Å². The predicted octanol–water partition coefficient (Wildman–Crippen LogP) is 5.71. The third-order valence-corrected chi connectivity index (χ3v) is 5.99. The molecular weight excluding hydrogens is 594 g/mol. The normalized spacial score (nSPS) is 10.7. The maximum absolute atomic E-state index is 12.5. The Hall–Kier alpha value is -3.37. The summed E-state index contributed by atoms with van der Waals surface area (Å²) in [5.41, 5.74) is 5.36. The van der Waals surface area contributed by atoms with Crippen LogP contribution >= 0.6 is 31.9 Å². The lowest BCUT2D eigenvalue weighted by molar-refractivity contribution is -0.118. The van der Waals surface area contributed by atoms with Crippen molar-refractivity contribution in [3.05, 3.63) is 80.2 Å². The van der Waals surface area contributed by atoms with E-state index >= 15 is 0 Å². The molecule has 0 spiro atoms. The number of anilines is 1. The first-order valence-corrected chi connectivity index (χ1v) is 12.5. The molecule has 0 unspecified atom stereocenters. The van der Waals surface area contributed by atoms with Gasteiger partial charge in [-0.2, -0.15) is 5.10 Å². The molecule has 0 heterocycles. The smallest absolute Gasteiger partial charge is 0.271 e. The number of aryl methyl sites for hydroxylation is 1. The molecular formula is C26H25Br2N3O5. The largest absolute Gasteiger partial charge is 0.493 e. The molecule has 0 aromatic heterocycles. The Labute approximate surface area is 226 Å². The number of hydrazone groups is 1. The van der Waals surface area contributed by atoms with E-state index in [1.807, 2.05) is 38.1 Å². The first-order valence-electron chi connectivity index (χ1n) is 10.9. The zero-order valence-corrected chi connectivity index (χ0v) is 23.1. The number of hydrogen-bond donors (Lipinski definition) is 2. The maximum atomic E-state index is 12.5. The van der Waals surface area contributed by atoms with Crippen LogP contribution in [-0.4, -0.2) is 38.4 Å². The van der Waals surface area contributed by atoms with Crippen LogP contribution in [0, 0.1) is 6.92 Å². The highest BCUT2D eigenvalue weighted by molar-refractivity contribution is 9.11. The molecule has 188 valence electrons. The van der Waals surface area contributed by atoms with E-state index in [0.29, 0.717) is 49.6 Å². The van der Waals surface area contributed by atoms with Crippen molar-refractivity contribution in [1.82, 2.24) is 5.43 Å². The summed E-state index contributed by atoms with van der Waals surface area (Å²) >= 11 is 6.91. The first-order chi connectivity index (χ1) is 17.3. The van der Waals surface area contributed by atoms with Crippen molar-refractivity contribution in [1.29, 1.82) is 0 Å². The van der Waals surface area contributed by atoms with E-state index in [1.165, 1.54) is 13.3 Å². The van der Waals surface area contributed by atoms with E-state index in [9.17, 15) is 9.59 Å². The second-order valence-corrected chi connectivity index (χ2v) is 9.22. The van der Waals surface area contributed by atoms with Gasteiger partial charge in [-0.3, -0.25) is 9.59 Å². The molecule has 0 aliphatic carbocycles. The third kappa shape index (κ3) is 7.56. The van der Waals surface area contributed by atoms with E-state index in [4.69, 9.17) is 14.2 Å². The zero-order chi connectivity index (χ0) is 26.1. The van der Waals surface area contributed by atoms with Crippen LogP contribution < -0.4 is 25.0 Å². The molecule has 3 rings (SSSR count). The summed E-state index contributed by atoms with van der Waals surface area (Å²) in [6.45, 7) is 4.17. The van der Waals surface area contributed by atoms with Crippen LogP contribution in [-0.2, 0) is 4.79 Å². The molecule has 0 saturated heterocycles. The number of methoxy groups -OCH3 is 1. The Bertz CT molecular complexity index is 1240. The van der Waals surface area contributed by atoms with Gasteiger partial charge < -0.3 is 19.5 Å². The van der Waals surface area contributed by atoms with E-state index in [1.54, 1.807) is 30.3 Å². The quantitative estimate of drug-likeness (QED) is 0.224. The van der Waals surface area contributed by atoms with Crippen LogP contribution in [0.25, 0.3) is 0 Å². The summed E-state index contributed by atoms with van der Waals surface area (Å²) in [7, 11) is 1.51. The number of nitrogens with zero attached hydrogens (tertiary/aromatic N) is 1. The van der Waals surface area contributed by atoms with Crippen molar-refractivity contribution < 1.29 is 23.8 Å². The van der Waals surface area contributed by atoms with Gasteiger partial charge in [0.15, 0.2) is 18.1 Å². The highest BCUT2D eigenvalue weighted by Gasteiger charge is 2.13. The Kier molecular flexibility index (Phi) is 9.89. The predicted molar refractivity (Wildman–Crippen MR) is 146 cm³/mol. The number of amides is 2. The van der Waals surface area contributed by atoms with Gasteiger partial charge in [-0.05, 0) is 93.7 Å². The molecule has 0 fully saturated rings. The minimum atomic E-state index is -0.398. The van der Waals surface area contributed by atoms with Gasteiger partial charge >= 0.3 is 0 Å². The Morgan fingerprint density at radius 3 is 2.31 bits per heavy atom. The van der Waals surface area contributed by atoms with Gasteiger partial charge in [0.1, 0.15) is 5.75 Å². The van der Waals surface area contributed by atoms with Gasteiger partial charge in [0, 0.05) is 11.3 Å². The number of halogens is 2. The fourth-order valence-electron chi connectivity index (χ4n) is 3.08. The van der Waals surface area contributed by atoms with Gasteiger partial charge in [0.2, 0.25) is 0 Å². The molecule has 0 aliphatic rings. The summed E-state index contributed by atoms with van der Waals surface area (Å²) in [4.78, 5) is 24.7. The lowest BCUT2D eigenvalue weighted by Gasteiger charge is -2.12. The van der Waals surface area contributed by atoms with Crippen LogP contribution in [0.4, 0.5) is 5.69 Å². The van der Waals surface area contributed by atoms with Crippen molar-refractivity contribution >= 4 is 55.6 Å². The highest BCUT2D eigenvalue weighted by Crippen LogP contribution is 2.34. The van der Waals surface area contributed by atoms with Gasteiger partial charge in [-0.1, -0.05) is 17.7 Å². The van der Waals surface area contributed by atoms with Gasteiger partial charge in [-0.15, -0.1) is 0 Å². The number of carbonyl (C=O) groups excluding carboxylic acids is 2. The number of benzene rings is 3. The van der Waals surface area contributed by atoms with Crippen molar-refractivity contribution in [3.8, 4) is 17.2 Å². The van der Waals surface area contributed by atoms with Crippen LogP contribution in [0.3, 0.4) is 0 Å². The van der Waals surface area contributed by atoms with E-state index in [2.05, 4.69) is 47.7 Å². The summed E-state index contributed by atoms with van der Waals surface area (Å²) in [6.07, 6.45) is 1.49. The fourth-order valence-corrected chi connectivity index (χ4v) is 4.53. The number of nitrogens with one attached hydrogen (secondary N) is 2. The molecule has 3 aromatic rings. The molecule has 0 bridgehead atoms. The average Bonchev–Trinajstić information content (AvgIpc) is 2.85. The SMILES string of the molecule is CCOc1ccc(C(=O)N/N=C/c2cc(Br)c(OCC(=O)Nc3ccc(C)cc3)c(Br)c2)cc1OC. The molecule has 2 N–H and O–H groups in total. The summed E-state index contributed by atoms with van der Waals surface area (Å²) < 4.78 is 17.7. The maximum Gasteiger partial charge on any atom is 0.271 e. The molecule has 0 radical (unpaired) electrons. The van der Waals surface area contributed by atoms with Crippen molar-refractivity contribution in [3.63, 3.8) is 0 Å². The van der Waals surface area contributed by atoms with Crippen LogP contribution in [0.5, 0.6) is 17.2 Å². The second-order valence-electron chi connectivity index (χ2n) is 7.51. The molecule has 8 nitrogen and oxygen atoms in total. The fraction of sp³-hybridized carbons (Fsp3) is 0.192. The minimum Gasteiger partial charge on any atom is -0.493 e. The first kappa shape index (κ1) is 27.2. The molecule has 3 aromatic carbocycles. The zero-order valence-electron chi connectivity index (χ0n) is 19.9. The van der Waals surface area contributed by atoms with E-state index in [0.717, 1.165) is 5.56 Å². The number of hydrogen-bond acceptors (Lipinski definition) is 6. The van der Waals surface area contributed by atoms with Gasteiger partial charge in [-0.25, -0.2) is 5.43 Å². The van der Waals surface area contributed by atoms with Crippen molar-refractivity contribution in [2.24, 2.45) is 5.10 Å². The molecule has 2 amide bonds. The Morgan fingerprint density at radius 1 is 0.972 bits per heavy atom.